The Bertz CT molecular complexity index is 215. The zero-order valence-corrected chi connectivity index (χ0v) is 12.4. The molecule has 2 nitrogen and oxygen atoms in total. The number of rotatable bonds is 5. The summed E-state index contributed by atoms with van der Waals surface area (Å²) in [5.74, 6) is 2.38. The molecule has 0 aromatic rings. The van der Waals surface area contributed by atoms with Crippen molar-refractivity contribution >= 4 is 0 Å². The lowest BCUT2D eigenvalue weighted by Gasteiger charge is -2.44. The van der Waals surface area contributed by atoms with Crippen LogP contribution >= 0.6 is 0 Å². The van der Waals surface area contributed by atoms with Gasteiger partial charge >= 0.3 is 0 Å². The number of nitrogens with two attached hydrogens (primary N) is 1. The molecule has 1 rings (SSSR count). The number of piperidine rings is 1. The first-order valence-corrected chi connectivity index (χ1v) is 7.41. The molecule has 1 aliphatic heterocycles. The first kappa shape index (κ1) is 15.0. The van der Waals surface area contributed by atoms with Crippen molar-refractivity contribution in [1.29, 1.82) is 0 Å². The van der Waals surface area contributed by atoms with Gasteiger partial charge in [0, 0.05) is 18.6 Å². The molecule has 0 aromatic heterocycles. The van der Waals surface area contributed by atoms with Crippen LogP contribution in [0, 0.1) is 17.8 Å². The van der Waals surface area contributed by atoms with E-state index in [1.807, 2.05) is 0 Å². The normalized spacial score (nSPS) is 30.5. The number of nitrogens with zero attached hydrogens (tertiary/aromatic N) is 1. The van der Waals surface area contributed by atoms with E-state index in [2.05, 4.69) is 39.5 Å². The minimum atomic E-state index is 0.583. The van der Waals surface area contributed by atoms with Crippen LogP contribution in [0.1, 0.15) is 53.9 Å². The number of likely N-dealkylation sites (tertiary alicyclic amines) is 1. The van der Waals surface area contributed by atoms with Gasteiger partial charge in [-0.05, 0) is 50.5 Å². The van der Waals surface area contributed by atoms with Crippen LogP contribution in [0.4, 0.5) is 0 Å². The summed E-state index contributed by atoms with van der Waals surface area (Å²) in [5.41, 5.74) is 6.04. The van der Waals surface area contributed by atoms with E-state index in [-0.39, 0.29) is 0 Å². The highest BCUT2D eigenvalue weighted by molar-refractivity contribution is 4.86. The van der Waals surface area contributed by atoms with Gasteiger partial charge < -0.3 is 5.73 Å². The van der Waals surface area contributed by atoms with Gasteiger partial charge in [-0.15, -0.1) is 0 Å². The second-order valence-electron chi connectivity index (χ2n) is 6.63. The van der Waals surface area contributed by atoms with Crippen molar-refractivity contribution in [3.05, 3.63) is 0 Å². The molecule has 1 fully saturated rings. The SMILES string of the molecule is CC(C)CC(C)C(CN)N1CCC(C)CC1C. The van der Waals surface area contributed by atoms with Crippen molar-refractivity contribution in [3.8, 4) is 0 Å². The first-order chi connectivity index (χ1) is 7.95. The van der Waals surface area contributed by atoms with Crippen LogP contribution in [-0.4, -0.2) is 30.1 Å². The Balaban J connectivity index is 2.60. The monoisotopic (exact) mass is 240 g/mol. The lowest BCUT2D eigenvalue weighted by Crippen LogP contribution is -2.52. The summed E-state index contributed by atoms with van der Waals surface area (Å²) in [5, 5.41) is 0. The maximum atomic E-state index is 6.04. The van der Waals surface area contributed by atoms with Gasteiger partial charge in [-0.2, -0.15) is 0 Å². The van der Waals surface area contributed by atoms with Gasteiger partial charge in [-0.3, -0.25) is 4.90 Å². The fourth-order valence-electron chi connectivity index (χ4n) is 3.51. The van der Waals surface area contributed by atoms with E-state index < -0.39 is 0 Å². The van der Waals surface area contributed by atoms with Gasteiger partial charge in [-0.25, -0.2) is 0 Å². The smallest absolute Gasteiger partial charge is 0.0246 e. The number of hydrogen-bond donors (Lipinski definition) is 1. The van der Waals surface area contributed by atoms with Gasteiger partial charge in [0.2, 0.25) is 0 Å². The molecule has 1 saturated heterocycles. The van der Waals surface area contributed by atoms with Gasteiger partial charge in [0.25, 0.3) is 0 Å². The van der Waals surface area contributed by atoms with E-state index in [4.69, 9.17) is 5.73 Å². The zero-order chi connectivity index (χ0) is 13.0. The van der Waals surface area contributed by atoms with Crippen molar-refractivity contribution < 1.29 is 0 Å². The summed E-state index contributed by atoms with van der Waals surface area (Å²) in [6, 6.07) is 1.29. The van der Waals surface area contributed by atoms with E-state index in [0.29, 0.717) is 12.1 Å². The molecule has 4 unspecified atom stereocenters. The molecule has 1 heterocycles. The lowest BCUT2D eigenvalue weighted by molar-refractivity contribution is 0.0541. The molecule has 0 bridgehead atoms. The molecule has 4 atom stereocenters. The van der Waals surface area contributed by atoms with Crippen LogP contribution in [0.2, 0.25) is 0 Å². The van der Waals surface area contributed by atoms with Gasteiger partial charge in [0.15, 0.2) is 0 Å². The average molecular weight is 240 g/mol. The van der Waals surface area contributed by atoms with Gasteiger partial charge in [-0.1, -0.05) is 27.7 Å². The molecule has 17 heavy (non-hydrogen) atoms. The van der Waals surface area contributed by atoms with E-state index in [0.717, 1.165) is 24.3 Å². The van der Waals surface area contributed by atoms with E-state index in [1.165, 1.54) is 25.8 Å². The highest BCUT2D eigenvalue weighted by Gasteiger charge is 2.31. The van der Waals surface area contributed by atoms with Gasteiger partial charge in [0.1, 0.15) is 0 Å². The molecule has 0 amide bonds. The first-order valence-electron chi connectivity index (χ1n) is 7.41. The van der Waals surface area contributed by atoms with E-state index in [1.54, 1.807) is 0 Å². The Morgan fingerprint density at radius 3 is 2.35 bits per heavy atom. The van der Waals surface area contributed by atoms with Crippen LogP contribution in [0.5, 0.6) is 0 Å². The van der Waals surface area contributed by atoms with Crippen molar-refractivity contribution in [2.75, 3.05) is 13.1 Å². The summed E-state index contributed by atoms with van der Waals surface area (Å²) in [4.78, 5) is 2.67. The average Bonchev–Trinajstić information content (AvgIpc) is 2.21. The molecule has 1 aliphatic rings. The second kappa shape index (κ2) is 6.75. The van der Waals surface area contributed by atoms with Crippen LogP contribution in [-0.2, 0) is 0 Å². The Morgan fingerprint density at radius 2 is 1.88 bits per heavy atom. The van der Waals surface area contributed by atoms with Crippen molar-refractivity contribution in [2.24, 2.45) is 23.5 Å². The molecular formula is C15H32N2. The Hall–Kier alpha value is -0.0800. The fourth-order valence-corrected chi connectivity index (χ4v) is 3.51. The molecule has 0 aromatic carbocycles. The minimum Gasteiger partial charge on any atom is -0.329 e. The van der Waals surface area contributed by atoms with Gasteiger partial charge in [0.05, 0.1) is 0 Å². The van der Waals surface area contributed by atoms with Crippen LogP contribution < -0.4 is 5.73 Å². The third kappa shape index (κ3) is 4.26. The predicted octanol–water partition coefficient (Wildman–Crippen LogP) is 3.12. The van der Waals surface area contributed by atoms with Crippen LogP contribution in [0.3, 0.4) is 0 Å². The molecule has 0 radical (unpaired) electrons. The van der Waals surface area contributed by atoms with Crippen molar-refractivity contribution in [2.45, 2.75) is 66.0 Å². The Labute approximate surface area is 108 Å². The summed E-state index contributed by atoms with van der Waals surface area (Å²) >= 11 is 0. The van der Waals surface area contributed by atoms with E-state index >= 15 is 0 Å². The Morgan fingerprint density at radius 1 is 1.24 bits per heavy atom. The molecule has 2 N–H and O–H groups in total. The molecular weight excluding hydrogens is 208 g/mol. The van der Waals surface area contributed by atoms with Crippen molar-refractivity contribution in [3.63, 3.8) is 0 Å². The standard InChI is InChI=1S/C15H32N2/c1-11(2)8-13(4)15(10-16)17-7-6-12(3)9-14(17)5/h11-15H,6-10,16H2,1-5H3. The molecule has 2 heteroatoms. The number of hydrogen-bond acceptors (Lipinski definition) is 2. The summed E-state index contributed by atoms with van der Waals surface area (Å²) in [6.07, 6.45) is 3.97. The minimum absolute atomic E-state index is 0.583. The molecule has 102 valence electrons. The third-order valence-electron chi connectivity index (χ3n) is 4.36. The zero-order valence-electron chi connectivity index (χ0n) is 12.4. The molecule has 0 saturated carbocycles. The largest absolute Gasteiger partial charge is 0.329 e. The summed E-state index contributed by atoms with van der Waals surface area (Å²) in [7, 11) is 0. The quantitative estimate of drug-likeness (QED) is 0.800. The van der Waals surface area contributed by atoms with E-state index in [9.17, 15) is 0 Å². The molecule has 0 spiro atoms. The second-order valence-corrected chi connectivity index (χ2v) is 6.63. The summed E-state index contributed by atoms with van der Waals surface area (Å²) < 4.78 is 0. The molecule has 0 aliphatic carbocycles. The topological polar surface area (TPSA) is 29.3 Å². The van der Waals surface area contributed by atoms with Crippen molar-refractivity contribution in [1.82, 2.24) is 4.90 Å². The van der Waals surface area contributed by atoms with Crippen LogP contribution in [0.25, 0.3) is 0 Å². The highest BCUT2D eigenvalue weighted by Crippen LogP contribution is 2.28. The van der Waals surface area contributed by atoms with Crippen LogP contribution in [0.15, 0.2) is 0 Å². The maximum absolute atomic E-state index is 6.04. The highest BCUT2D eigenvalue weighted by atomic mass is 15.2. The summed E-state index contributed by atoms with van der Waals surface area (Å²) in [6.45, 7) is 13.8. The third-order valence-corrected chi connectivity index (χ3v) is 4.36. The lowest BCUT2D eigenvalue weighted by atomic mass is 9.86. The fraction of sp³-hybridized carbons (Fsp3) is 1.00. The predicted molar refractivity (Wildman–Crippen MR) is 76.0 cm³/mol. The maximum Gasteiger partial charge on any atom is 0.0246 e. The Kier molecular flexibility index (Phi) is 5.94.